The van der Waals surface area contributed by atoms with E-state index >= 15 is 0 Å². The maximum atomic E-state index is 12.6. The van der Waals surface area contributed by atoms with E-state index in [4.69, 9.17) is 23.8 Å². The van der Waals surface area contributed by atoms with Gasteiger partial charge in [0.2, 0.25) is 0 Å². The van der Waals surface area contributed by atoms with Crippen LogP contribution in [-0.2, 0) is 13.0 Å². The van der Waals surface area contributed by atoms with Gasteiger partial charge in [0.25, 0.3) is 5.56 Å². The Morgan fingerprint density at radius 2 is 1.88 bits per heavy atom. The van der Waals surface area contributed by atoms with Crippen molar-refractivity contribution in [2.45, 2.75) is 13.0 Å². The molecule has 0 fully saturated rings. The van der Waals surface area contributed by atoms with Gasteiger partial charge >= 0.3 is 0 Å². The van der Waals surface area contributed by atoms with Crippen molar-refractivity contribution < 1.29 is 0 Å². The van der Waals surface area contributed by atoms with E-state index in [0.717, 1.165) is 16.9 Å². The molecule has 0 bridgehead atoms. The number of H-pyrrole nitrogens is 1. The number of hydrogen-bond acceptors (Lipinski definition) is 4. The molecule has 0 spiro atoms. The minimum Gasteiger partial charge on any atom is -0.272 e. The summed E-state index contributed by atoms with van der Waals surface area (Å²) >= 11 is 11.3. The fraction of sp³-hybridized carbons (Fsp3) is 0.111. The standard InChI is InChI=1S/C18H14ClN5OS/c19-13-5-7-14(8-6-13)24-16(21-22-18(24)26)9-10-23-17(25)15-4-2-1-3-12(15)11-20-23/h1-8,11H,9-10H2,(H,22,26). The molecule has 0 unspecified atom stereocenters. The van der Waals surface area contributed by atoms with Crippen LogP contribution >= 0.6 is 23.8 Å². The molecular formula is C18H14ClN5OS. The van der Waals surface area contributed by atoms with Crippen LogP contribution in [0.3, 0.4) is 0 Å². The molecule has 2 aromatic heterocycles. The molecule has 0 amide bonds. The monoisotopic (exact) mass is 383 g/mol. The highest BCUT2D eigenvalue weighted by Gasteiger charge is 2.10. The zero-order valence-electron chi connectivity index (χ0n) is 13.6. The number of aromatic amines is 1. The van der Waals surface area contributed by atoms with Crippen LogP contribution in [0.4, 0.5) is 0 Å². The summed E-state index contributed by atoms with van der Waals surface area (Å²) in [4.78, 5) is 12.6. The molecule has 0 aliphatic heterocycles. The van der Waals surface area contributed by atoms with Crippen LogP contribution in [-0.4, -0.2) is 24.5 Å². The third-order valence-corrected chi connectivity index (χ3v) is 4.66. The van der Waals surface area contributed by atoms with Crippen LogP contribution in [0.5, 0.6) is 0 Å². The van der Waals surface area contributed by atoms with Crippen molar-refractivity contribution in [1.29, 1.82) is 0 Å². The van der Waals surface area contributed by atoms with Gasteiger partial charge < -0.3 is 0 Å². The smallest absolute Gasteiger partial charge is 0.272 e. The molecule has 1 N–H and O–H groups in total. The van der Waals surface area contributed by atoms with E-state index in [1.807, 2.05) is 34.9 Å². The highest BCUT2D eigenvalue weighted by Crippen LogP contribution is 2.16. The molecule has 0 aliphatic rings. The summed E-state index contributed by atoms with van der Waals surface area (Å²) in [5.74, 6) is 0.721. The van der Waals surface area contributed by atoms with Gasteiger partial charge in [-0.1, -0.05) is 29.8 Å². The molecule has 4 aromatic rings. The lowest BCUT2D eigenvalue weighted by atomic mass is 10.2. The molecule has 8 heteroatoms. The molecule has 4 rings (SSSR count). The number of hydrogen-bond donors (Lipinski definition) is 1. The number of aromatic nitrogens is 5. The summed E-state index contributed by atoms with van der Waals surface area (Å²) in [5, 5.41) is 13.5. The second kappa shape index (κ2) is 6.86. The second-order valence-electron chi connectivity index (χ2n) is 5.77. The van der Waals surface area contributed by atoms with Crippen molar-refractivity contribution >= 4 is 34.6 Å². The molecule has 0 aliphatic carbocycles. The Kier molecular flexibility index (Phi) is 4.40. The van der Waals surface area contributed by atoms with Gasteiger partial charge in [0, 0.05) is 22.5 Å². The largest absolute Gasteiger partial charge is 0.274 e. The number of nitrogens with one attached hydrogen (secondary N) is 1. The van der Waals surface area contributed by atoms with E-state index in [1.165, 1.54) is 4.68 Å². The molecule has 0 saturated carbocycles. The Morgan fingerprint density at radius 1 is 1.12 bits per heavy atom. The lowest BCUT2D eigenvalue weighted by Gasteiger charge is -2.08. The minimum atomic E-state index is -0.115. The second-order valence-corrected chi connectivity index (χ2v) is 6.59. The predicted octanol–water partition coefficient (Wildman–Crippen LogP) is 3.54. The van der Waals surface area contributed by atoms with Gasteiger partial charge in [-0.05, 0) is 42.5 Å². The lowest BCUT2D eigenvalue weighted by molar-refractivity contribution is 0.568. The van der Waals surface area contributed by atoms with Crippen LogP contribution in [0.15, 0.2) is 59.5 Å². The lowest BCUT2D eigenvalue weighted by Crippen LogP contribution is -2.24. The highest BCUT2D eigenvalue weighted by atomic mass is 35.5. The van der Waals surface area contributed by atoms with Crippen LogP contribution in [0, 0.1) is 4.77 Å². The fourth-order valence-corrected chi connectivity index (χ4v) is 3.23. The number of halogens is 1. The molecule has 130 valence electrons. The zero-order chi connectivity index (χ0) is 18.1. The highest BCUT2D eigenvalue weighted by molar-refractivity contribution is 7.71. The van der Waals surface area contributed by atoms with Gasteiger partial charge in [0.15, 0.2) is 4.77 Å². The van der Waals surface area contributed by atoms with Gasteiger partial charge in [-0.15, -0.1) is 0 Å². The summed E-state index contributed by atoms with van der Waals surface area (Å²) in [6.45, 7) is 0.400. The molecule has 2 heterocycles. The average Bonchev–Trinajstić information content (AvgIpc) is 3.03. The summed E-state index contributed by atoms with van der Waals surface area (Å²) in [6.07, 6.45) is 2.20. The first kappa shape index (κ1) is 16.7. The van der Waals surface area contributed by atoms with Crippen molar-refractivity contribution in [2.75, 3.05) is 0 Å². The summed E-state index contributed by atoms with van der Waals surface area (Å²) in [5.41, 5.74) is 0.747. The number of rotatable bonds is 4. The summed E-state index contributed by atoms with van der Waals surface area (Å²) < 4.78 is 3.77. The number of benzene rings is 2. The van der Waals surface area contributed by atoms with Gasteiger partial charge in [-0.25, -0.2) is 4.68 Å². The van der Waals surface area contributed by atoms with Crippen molar-refractivity contribution in [3.63, 3.8) is 0 Å². The van der Waals surface area contributed by atoms with Gasteiger partial charge in [0.1, 0.15) is 5.82 Å². The van der Waals surface area contributed by atoms with Crippen molar-refractivity contribution in [3.05, 3.63) is 80.7 Å². The Labute approximate surface area is 158 Å². The van der Waals surface area contributed by atoms with Gasteiger partial charge in [0.05, 0.1) is 18.1 Å². The SMILES string of the molecule is O=c1c2ccccc2cnn1CCc1n[nH]c(=S)n1-c1ccc(Cl)cc1. The number of aryl methyl sites for hydroxylation is 2. The predicted molar refractivity (Wildman–Crippen MR) is 103 cm³/mol. The maximum absolute atomic E-state index is 12.6. The van der Waals surface area contributed by atoms with E-state index in [-0.39, 0.29) is 5.56 Å². The molecular weight excluding hydrogens is 370 g/mol. The third-order valence-electron chi connectivity index (χ3n) is 4.14. The van der Waals surface area contributed by atoms with Gasteiger partial charge in [-0.3, -0.25) is 14.5 Å². The molecule has 0 radical (unpaired) electrons. The van der Waals surface area contributed by atoms with Crippen molar-refractivity contribution in [1.82, 2.24) is 24.5 Å². The number of nitrogens with zero attached hydrogens (tertiary/aromatic N) is 4. The molecule has 2 aromatic carbocycles. The summed E-state index contributed by atoms with van der Waals surface area (Å²) in [6, 6.07) is 14.8. The minimum absolute atomic E-state index is 0.115. The zero-order valence-corrected chi connectivity index (χ0v) is 15.2. The van der Waals surface area contributed by atoms with E-state index in [0.29, 0.717) is 28.1 Å². The maximum Gasteiger partial charge on any atom is 0.274 e. The first-order valence-electron chi connectivity index (χ1n) is 8.00. The Bertz CT molecular complexity index is 1190. The van der Waals surface area contributed by atoms with Crippen molar-refractivity contribution in [3.8, 4) is 5.69 Å². The molecule has 0 saturated heterocycles. The van der Waals surface area contributed by atoms with Crippen LogP contribution in [0.2, 0.25) is 5.02 Å². The topological polar surface area (TPSA) is 68.5 Å². The molecule has 26 heavy (non-hydrogen) atoms. The summed E-state index contributed by atoms with van der Waals surface area (Å²) in [7, 11) is 0. The normalized spacial score (nSPS) is 11.1. The Hall–Kier alpha value is -2.77. The first-order valence-corrected chi connectivity index (χ1v) is 8.79. The number of fused-ring (bicyclic) bond motifs is 1. The quantitative estimate of drug-likeness (QED) is 0.547. The fourth-order valence-electron chi connectivity index (χ4n) is 2.85. The Morgan fingerprint density at radius 3 is 2.69 bits per heavy atom. The molecule has 0 atom stereocenters. The van der Waals surface area contributed by atoms with Crippen LogP contribution < -0.4 is 5.56 Å². The third kappa shape index (κ3) is 3.07. The van der Waals surface area contributed by atoms with Crippen LogP contribution in [0.1, 0.15) is 5.82 Å². The average molecular weight is 384 g/mol. The van der Waals surface area contributed by atoms with Crippen molar-refractivity contribution in [2.24, 2.45) is 0 Å². The van der Waals surface area contributed by atoms with E-state index in [1.54, 1.807) is 24.4 Å². The first-order chi connectivity index (χ1) is 12.6. The molecule has 6 nitrogen and oxygen atoms in total. The van der Waals surface area contributed by atoms with Gasteiger partial charge in [-0.2, -0.15) is 10.2 Å². The van der Waals surface area contributed by atoms with E-state index in [9.17, 15) is 4.79 Å². The van der Waals surface area contributed by atoms with Crippen LogP contribution in [0.25, 0.3) is 16.5 Å². The Balaban J connectivity index is 1.65. The van der Waals surface area contributed by atoms with E-state index < -0.39 is 0 Å². The van der Waals surface area contributed by atoms with E-state index in [2.05, 4.69) is 15.3 Å².